The van der Waals surface area contributed by atoms with Gasteiger partial charge in [-0.25, -0.2) is 0 Å². The molecule has 4 heteroatoms. The van der Waals surface area contributed by atoms with Gasteiger partial charge in [0.25, 0.3) is 0 Å². The van der Waals surface area contributed by atoms with Crippen LogP contribution >= 0.6 is 0 Å². The van der Waals surface area contributed by atoms with Crippen LogP contribution in [0.15, 0.2) is 158 Å². The van der Waals surface area contributed by atoms with Crippen molar-refractivity contribution in [2.45, 2.75) is 0 Å². The molecule has 0 N–H and O–H groups in total. The molecule has 7 aromatic carbocycles. The maximum atomic E-state index is 10.4. The largest absolute Gasteiger partial charge is 0.309 e. The van der Waals surface area contributed by atoms with Crippen LogP contribution in [0.3, 0.4) is 0 Å². The first kappa shape index (κ1) is 27.4. The SMILES string of the molecule is N#Cc1ccc2c3ccccc3n(-c3ccccc3-c3ccc(-c4ccc(-n5c6ccccc6c6ccccc65)cc4)c(C#N)c3)c2c1. The summed E-state index contributed by atoms with van der Waals surface area (Å²) in [7, 11) is 0. The summed E-state index contributed by atoms with van der Waals surface area (Å²) in [6.07, 6.45) is 0. The van der Waals surface area contributed by atoms with Gasteiger partial charge in [0.15, 0.2) is 0 Å². The predicted octanol–water partition coefficient (Wildman–Crippen LogP) is 11.0. The standard InChI is InChI=1S/C44H26N4/c45-27-29-17-23-39-38-12-4-8-16-43(38)48(44(39)25-29)40-13-5-1-9-35(40)31-20-24-34(32(26-31)28-46)30-18-21-33(22-19-30)47-41-14-6-2-10-36(41)37-11-3-7-15-42(37)47/h1-26H. The van der Waals surface area contributed by atoms with Crippen LogP contribution in [0.5, 0.6) is 0 Å². The maximum absolute atomic E-state index is 10.4. The zero-order valence-corrected chi connectivity index (χ0v) is 25.8. The van der Waals surface area contributed by atoms with Crippen LogP contribution in [0, 0.1) is 22.7 Å². The third kappa shape index (κ3) is 4.14. The van der Waals surface area contributed by atoms with Crippen molar-refractivity contribution in [3.05, 3.63) is 169 Å². The third-order valence-electron chi connectivity index (χ3n) is 9.42. The molecule has 0 saturated carbocycles. The van der Waals surface area contributed by atoms with E-state index >= 15 is 0 Å². The van der Waals surface area contributed by atoms with E-state index in [0.717, 1.165) is 55.4 Å². The number of nitriles is 2. The fourth-order valence-electron chi connectivity index (χ4n) is 7.26. The van der Waals surface area contributed by atoms with Crippen molar-refractivity contribution in [3.8, 4) is 45.8 Å². The van der Waals surface area contributed by atoms with E-state index in [1.54, 1.807) is 0 Å². The van der Waals surface area contributed by atoms with Crippen molar-refractivity contribution in [2.24, 2.45) is 0 Å². The summed E-state index contributed by atoms with van der Waals surface area (Å²) in [6.45, 7) is 0. The van der Waals surface area contributed by atoms with E-state index in [-0.39, 0.29) is 0 Å². The van der Waals surface area contributed by atoms with Crippen LogP contribution in [-0.4, -0.2) is 9.13 Å². The first-order valence-electron chi connectivity index (χ1n) is 15.9. The summed E-state index contributed by atoms with van der Waals surface area (Å²) in [5, 5.41) is 24.8. The summed E-state index contributed by atoms with van der Waals surface area (Å²) in [5.41, 5.74) is 11.5. The van der Waals surface area contributed by atoms with Gasteiger partial charge < -0.3 is 9.13 Å². The molecule has 0 amide bonds. The molecule has 0 fully saturated rings. The number of rotatable bonds is 4. The summed E-state index contributed by atoms with van der Waals surface area (Å²) in [4.78, 5) is 0. The molecule has 0 atom stereocenters. The lowest BCUT2D eigenvalue weighted by molar-refractivity contribution is 1.18. The van der Waals surface area contributed by atoms with Crippen LogP contribution in [0.2, 0.25) is 0 Å². The first-order valence-corrected chi connectivity index (χ1v) is 15.9. The van der Waals surface area contributed by atoms with Gasteiger partial charge in [-0.2, -0.15) is 10.5 Å². The summed E-state index contributed by atoms with van der Waals surface area (Å²) in [6, 6.07) is 58.9. The minimum absolute atomic E-state index is 0.612. The fraction of sp³-hybridized carbons (Fsp3) is 0. The van der Waals surface area contributed by atoms with Crippen LogP contribution in [-0.2, 0) is 0 Å². The van der Waals surface area contributed by atoms with Gasteiger partial charge in [0, 0.05) is 32.8 Å². The summed E-state index contributed by atoms with van der Waals surface area (Å²) in [5.74, 6) is 0. The molecule has 0 saturated heterocycles. The Morgan fingerprint density at radius 3 is 1.60 bits per heavy atom. The number of aromatic nitrogens is 2. The fourth-order valence-corrected chi connectivity index (χ4v) is 7.26. The number of hydrogen-bond donors (Lipinski definition) is 0. The summed E-state index contributed by atoms with van der Waals surface area (Å²) >= 11 is 0. The normalized spacial score (nSPS) is 11.3. The van der Waals surface area contributed by atoms with Gasteiger partial charge in [-0.05, 0) is 71.3 Å². The van der Waals surface area contributed by atoms with Gasteiger partial charge in [0.2, 0.25) is 0 Å². The zero-order chi connectivity index (χ0) is 32.2. The van der Waals surface area contributed by atoms with Crippen LogP contribution in [0.1, 0.15) is 11.1 Å². The van der Waals surface area contributed by atoms with Crippen LogP contribution in [0.4, 0.5) is 0 Å². The third-order valence-corrected chi connectivity index (χ3v) is 9.42. The Kier molecular flexibility index (Phi) is 6.22. The molecule has 9 rings (SSSR count). The monoisotopic (exact) mass is 610 g/mol. The molecule has 0 unspecified atom stereocenters. The molecule has 4 nitrogen and oxygen atoms in total. The number of hydrogen-bond acceptors (Lipinski definition) is 2. The highest BCUT2D eigenvalue weighted by molar-refractivity contribution is 6.10. The molecule has 48 heavy (non-hydrogen) atoms. The number of para-hydroxylation sites is 4. The van der Waals surface area contributed by atoms with E-state index in [1.807, 2.05) is 48.5 Å². The van der Waals surface area contributed by atoms with Crippen molar-refractivity contribution in [3.63, 3.8) is 0 Å². The average Bonchev–Trinajstić information content (AvgIpc) is 3.67. The Morgan fingerprint density at radius 2 is 0.958 bits per heavy atom. The molecule has 2 heterocycles. The molecular formula is C44H26N4. The van der Waals surface area contributed by atoms with Crippen molar-refractivity contribution >= 4 is 43.6 Å². The van der Waals surface area contributed by atoms with Crippen molar-refractivity contribution in [1.82, 2.24) is 9.13 Å². The van der Waals surface area contributed by atoms with Gasteiger partial charge in [-0.1, -0.05) is 103 Å². The molecule has 0 aliphatic heterocycles. The number of nitrogens with zero attached hydrogens (tertiary/aromatic N) is 4. The average molecular weight is 611 g/mol. The summed E-state index contributed by atoms with van der Waals surface area (Å²) < 4.78 is 4.53. The Bertz CT molecular complexity index is 2750. The Morgan fingerprint density at radius 1 is 0.396 bits per heavy atom. The highest BCUT2D eigenvalue weighted by Gasteiger charge is 2.17. The molecule has 0 aliphatic carbocycles. The van der Waals surface area contributed by atoms with E-state index in [4.69, 9.17) is 0 Å². The van der Waals surface area contributed by atoms with Gasteiger partial charge in [0.1, 0.15) is 0 Å². The minimum Gasteiger partial charge on any atom is -0.309 e. The molecule has 9 aromatic rings. The molecule has 0 bridgehead atoms. The Labute approximate surface area is 277 Å². The van der Waals surface area contributed by atoms with E-state index in [2.05, 4.69) is 130 Å². The molecule has 2 aromatic heterocycles. The highest BCUT2D eigenvalue weighted by Crippen LogP contribution is 2.38. The van der Waals surface area contributed by atoms with E-state index in [1.165, 1.54) is 21.8 Å². The second-order valence-electron chi connectivity index (χ2n) is 12.0. The van der Waals surface area contributed by atoms with Gasteiger partial charge in [-0.15, -0.1) is 0 Å². The smallest absolute Gasteiger partial charge is 0.0998 e. The molecule has 0 spiro atoms. The van der Waals surface area contributed by atoms with Crippen molar-refractivity contribution < 1.29 is 0 Å². The highest BCUT2D eigenvalue weighted by atomic mass is 15.0. The molecular weight excluding hydrogens is 585 g/mol. The second kappa shape index (κ2) is 10.9. The second-order valence-corrected chi connectivity index (χ2v) is 12.0. The molecule has 222 valence electrons. The predicted molar refractivity (Wildman–Crippen MR) is 195 cm³/mol. The zero-order valence-electron chi connectivity index (χ0n) is 25.8. The van der Waals surface area contributed by atoms with Crippen molar-refractivity contribution in [1.29, 1.82) is 10.5 Å². The van der Waals surface area contributed by atoms with E-state index in [0.29, 0.717) is 11.1 Å². The maximum Gasteiger partial charge on any atom is 0.0998 e. The number of benzene rings is 7. The minimum atomic E-state index is 0.612. The van der Waals surface area contributed by atoms with Crippen molar-refractivity contribution in [2.75, 3.05) is 0 Å². The lowest BCUT2D eigenvalue weighted by Crippen LogP contribution is -1.98. The van der Waals surface area contributed by atoms with E-state index < -0.39 is 0 Å². The Hall–Kier alpha value is -6.88. The lowest BCUT2D eigenvalue weighted by Gasteiger charge is -2.15. The topological polar surface area (TPSA) is 57.4 Å². The number of fused-ring (bicyclic) bond motifs is 6. The van der Waals surface area contributed by atoms with Crippen LogP contribution < -0.4 is 0 Å². The van der Waals surface area contributed by atoms with Crippen LogP contribution in [0.25, 0.3) is 77.2 Å². The first-order chi connectivity index (χ1) is 23.7. The molecule has 0 aliphatic rings. The lowest BCUT2D eigenvalue weighted by atomic mass is 9.94. The van der Waals surface area contributed by atoms with Gasteiger partial charge in [-0.3, -0.25) is 0 Å². The van der Waals surface area contributed by atoms with Gasteiger partial charge in [0.05, 0.1) is 51.0 Å². The van der Waals surface area contributed by atoms with Gasteiger partial charge >= 0.3 is 0 Å². The quantitative estimate of drug-likeness (QED) is 0.199. The Balaban J connectivity index is 1.15. The van der Waals surface area contributed by atoms with E-state index in [9.17, 15) is 10.5 Å². The molecule has 0 radical (unpaired) electrons.